The number of methoxy groups -OCH3 is 1. The van der Waals surface area contributed by atoms with E-state index < -0.39 is 23.8 Å². The molecule has 9 heteroatoms. The van der Waals surface area contributed by atoms with Crippen LogP contribution in [0.25, 0.3) is 6.08 Å². The molecule has 188 valence electrons. The molecule has 1 aliphatic rings. The van der Waals surface area contributed by atoms with Gasteiger partial charge < -0.3 is 14.6 Å². The molecule has 0 radical (unpaired) electrons. The van der Waals surface area contributed by atoms with Crippen molar-refractivity contribution in [2.24, 2.45) is 0 Å². The standard InChI is InChI=1S/C28H24N2O7/c1-16-9-17(2)11-21(10-16)30-26(32)22(25(31)29-28(30)35)13-18-7-8-23(24(14-18)36-3)37-15-19-5-4-6-20(12-19)27(33)34/h4-14H,15H2,1-3H3,(H,33,34)(H,29,31,35)/b22-13-. The second kappa shape index (κ2) is 10.4. The summed E-state index contributed by atoms with van der Waals surface area (Å²) in [6.07, 6.45) is 1.38. The van der Waals surface area contributed by atoms with Crippen molar-refractivity contribution in [2.45, 2.75) is 20.5 Å². The summed E-state index contributed by atoms with van der Waals surface area (Å²) < 4.78 is 11.2. The van der Waals surface area contributed by atoms with Gasteiger partial charge in [-0.2, -0.15) is 0 Å². The molecular weight excluding hydrogens is 476 g/mol. The van der Waals surface area contributed by atoms with Crippen LogP contribution in [0, 0.1) is 13.8 Å². The normalized spacial score (nSPS) is 14.5. The Morgan fingerprint density at radius 1 is 0.973 bits per heavy atom. The van der Waals surface area contributed by atoms with Crippen molar-refractivity contribution in [3.8, 4) is 11.5 Å². The lowest BCUT2D eigenvalue weighted by Gasteiger charge is -2.27. The summed E-state index contributed by atoms with van der Waals surface area (Å²) in [5.74, 6) is -1.84. The lowest BCUT2D eigenvalue weighted by Crippen LogP contribution is -2.54. The molecule has 9 nitrogen and oxygen atoms in total. The molecule has 0 spiro atoms. The number of amides is 4. The third-order valence-corrected chi connectivity index (χ3v) is 5.63. The first-order valence-electron chi connectivity index (χ1n) is 11.3. The van der Waals surface area contributed by atoms with Gasteiger partial charge in [-0.3, -0.25) is 14.9 Å². The van der Waals surface area contributed by atoms with Gasteiger partial charge in [0, 0.05) is 0 Å². The van der Waals surface area contributed by atoms with Crippen molar-refractivity contribution in [3.05, 3.63) is 94.1 Å². The van der Waals surface area contributed by atoms with Gasteiger partial charge in [-0.25, -0.2) is 14.5 Å². The van der Waals surface area contributed by atoms with Crippen molar-refractivity contribution < 1.29 is 33.8 Å². The zero-order valence-electron chi connectivity index (χ0n) is 20.4. The number of ether oxygens (including phenoxy) is 2. The van der Waals surface area contributed by atoms with E-state index in [9.17, 15) is 19.2 Å². The number of carbonyl (C=O) groups is 4. The summed E-state index contributed by atoms with van der Waals surface area (Å²) in [4.78, 5) is 50.4. The number of urea groups is 1. The number of imide groups is 2. The molecule has 1 aliphatic heterocycles. The molecule has 1 heterocycles. The number of nitrogens with one attached hydrogen (secondary N) is 1. The molecule has 3 aromatic rings. The van der Waals surface area contributed by atoms with E-state index in [1.165, 1.54) is 25.3 Å². The first-order valence-corrected chi connectivity index (χ1v) is 11.3. The molecule has 1 fully saturated rings. The SMILES string of the molecule is COc1cc(/C=C2/C(=O)NC(=O)N(c3cc(C)cc(C)c3)C2=O)ccc1OCc1cccc(C(=O)O)c1. The number of aryl methyl sites for hydroxylation is 2. The van der Waals surface area contributed by atoms with E-state index in [-0.39, 0.29) is 17.7 Å². The number of benzene rings is 3. The maximum atomic E-state index is 13.2. The summed E-state index contributed by atoms with van der Waals surface area (Å²) >= 11 is 0. The highest BCUT2D eigenvalue weighted by molar-refractivity contribution is 6.39. The molecule has 0 unspecified atom stereocenters. The summed E-state index contributed by atoms with van der Waals surface area (Å²) in [6.45, 7) is 3.80. The van der Waals surface area contributed by atoms with Crippen molar-refractivity contribution in [1.82, 2.24) is 5.32 Å². The highest BCUT2D eigenvalue weighted by Gasteiger charge is 2.37. The largest absolute Gasteiger partial charge is 0.493 e. The van der Waals surface area contributed by atoms with Crippen molar-refractivity contribution in [1.29, 1.82) is 0 Å². The number of carbonyl (C=O) groups excluding carboxylic acids is 3. The number of anilines is 1. The zero-order valence-corrected chi connectivity index (χ0v) is 20.4. The molecule has 0 aliphatic carbocycles. The fourth-order valence-electron chi connectivity index (χ4n) is 3.99. The number of aromatic carboxylic acids is 1. The number of carboxylic acid groups (broad SMARTS) is 1. The lowest BCUT2D eigenvalue weighted by molar-refractivity contribution is -0.122. The van der Waals surface area contributed by atoms with E-state index in [1.807, 2.05) is 19.9 Å². The van der Waals surface area contributed by atoms with Crippen LogP contribution in [0.15, 0.2) is 66.2 Å². The molecule has 37 heavy (non-hydrogen) atoms. The zero-order chi connectivity index (χ0) is 26.7. The fourth-order valence-corrected chi connectivity index (χ4v) is 3.99. The molecule has 1 saturated heterocycles. The van der Waals surface area contributed by atoms with Crippen molar-refractivity contribution in [3.63, 3.8) is 0 Å². The average molecular weight is 501 g/mol. The smallest absolute Gasteiger partial charge is 0.335 e. The monoisotopic (exact) mass is 500 g/mol. The molecule has 4 amide bonds. The molecule has 0 atom stereocenters. The second-order valence-electron chi connectivity index (χ2n) is 8.51. The Balaban J connectivity index is 1.59. The van der Waals surface area contributed by atoms with Gasteiger partial charge >= 0.3 is 12.0 Å². The summed E-state index contributed by atoms with van der Waals surface area (Å²) in [6, 6.07) is 15.7. The Hall–Kier alpha value is -4.92. The second-order valence-corrected chi connectivity index (χ2v) is 8.51. The minimum atomic E-state index is -1.03. The van der Waals surface area contributed by atoms with E-state index in [1.54, 1.807) is 42.5 Å². The van der Waals surface area contributed by atoms with E-state index >= 15 is 0 Å². The van der Waals surface area contributed by atoms with Crippen LogP contribution in [-0.2, 0) is 16.2 Å². The maximum Gasteiger partial charge on any atom is 0.335 e. The van der Waals surface area contributed by atoms with Gasteiger partial charge in [-0.15, -0.1) is 0 Å². The van der Waals surface area contributed by atoms with Gasteiger partial charge in [0.15, 0.2) is 11.5 Å². The van der Waals surface area contributed by atoms with Crippen molar-refractivity contribution >= 4 is 35.6 Å². The van der Waals surface area contributed by atoms with Gasteiger partial charge in [0.25, 0.3) is 11.8 Å². The molecule has 3 aromatic carbocycles. The first-order chi connectivity index (χ1) is 17.7. The number of barbiturate groups is 1. The molecule has 0 bridgehead atoms. The Kier molecular flexibility index (Phi) is 7.06. The molecule has 0 saturated carbocycles. The van der Waals surface area contributed by atoms with Crippen molar-refractivity contribution in [2.75, 3.05) is 12.0 Å². The quantitative estimate of drug-likeness (QED) is 0.367. The molecule has 4 rings (SSSR count). The van der Waals surface area contributed by atoms with Gasteiger partial charge in [-0.1, -0.05) is 24.3 Å². The third-order valence-electron chi connectivity index (χ3n) is 5.63. The Labute approximate surface area is 212 Å². The van der Waals surface area contributed by atoms with Crippen LogP contribution in [0.5, 0.6) is 11.5 Å². The Morgan fingerprint density at radius 2 is 1.70 bits per heavy atom. The highest BCUT2D eigenvalue weighted by Crippen LogP contribution is 2.31. The van der Waals surface area contributed by atoms with Gasteiger partial charge in [-0.05, 0) is 78.6 Å². The number of rotatable bonds is 7. The number of nitrogens with zero attached hydrogens (tertiary/aromatic N) is 1. The van der Waals surface area contributed by atoms with E-state index in [0.717, 1.165) is 16.0 Å². The van der Waals surface area contributed by atoms with Crippen LogP contribution in [-0.4, -0.2) is 36.0 Å². The molecule has 0 aromatic heterocycles. The van der Waals surface area contributed by atoms with E-state index in [0.29, 0.717) is 28.3 Å². The lowest BCUT2D eigenvalue weighted by atomic mass is 10.0. The predicted octanol–water partition coefficient (Wildman–Crippen LogP) is 4.26. The minimum Gasteiger partial charge on any atom is -0.493 e. The van der Waals surface area contributed by atoms with Gasteiger partial charge in [0.2, 0.25) is 0 Å². The van der Waals surface area contributed by atoms with Crippen LogP contribution in [0.4, 0.5) is 10.5 Å². The number of hydrogen-bond acceptors (Lipinski definition) is 6. The van der Waals surface area contributed by atoms with Crippen LogP contribution in [0.3, 0.4) is 0 Å². The van der Waals surface area contributed by atoms with Crippen LogP contribution >= 0.6 is 0 Å². The minimum absolute atomic E-state index is 0.103. The molecular formula is C28H24N2O7. The first kappa shape index (κ1) is 25.2. The van der Waals surface area contributed by atoms with Crippen LogP contribution in [0.1, 0.15) is 32.6 Å². The number of carboxylic acids is 1. The average Bonchev–Trinajstić information content (AvgIpc) is 2.85. The summed E-state index contributed by atoms with van der Waals surface area (Å²) in [5.41, 5.74) is 3.19. The van der Waals surface area contributed by atoms with Gasteiger partial charge in [0.1, 0.15) is 12.2 Å². The summed E-state index contributed by atoms with van der Waals surface area (Å²) in [7, 11) is 1.45. The fraction of sp³-hybridized carbons (Fsp3) is 0.143. The van der Waals surface area contributed by atoms with Gasteiger partial charge in [0.05, 0.1) is 18.4 Å². The van der Waals surface area contributed by atoms with Crippen LogP contribution in [0.2, 0.25) is 0 Å². The summed E-state index contributed by atoms with van der Waals surface area (Å²) in [5, 5.41) is 11.4. The number of hydrogen-bond donors (Lipinski definition) is 2. The molecule has 2 N–H and O–H groups in total. The van der Waals surface area contributed by atoms with Crippen LogP contribution < -0.4 is 19.7 Å². The predicted molar refractivity (Wildman–Crippen MR) is 136 cm³/mol. The van der Waals surface area contributed by atoms with E-state index in [2.05, 4.69) is 5.32 Å². The Bertz CT molecular complexity index is 1440. The topological polar surface area (TPSA) is 122 Å². The highest BCUT2D eigenvalue weighted by atomic mass is 16.5. The Morgan fingerprint density at radius 3 is 2.38 bits per heavy atom. The third kappa shape index (κ3) is 5.51. The maximum absolute atomic E-state index is 13.2. The van der Waals surface area contributed by atoms with E-state index in [4.69, 9.17) is 14.6 Å².